The minimum absolute atomic E-state index is 0.0222. The first-order chi connectivity index (χ1) is 12.7. The number of carbonyl (C=O) groups is 1. The van der Waals surface area contributed by atoms with Gasteiger partial charge in [-0.25, -0.2) is 0 Å². The molecule has 2 fully saturated rings. The van der Waals surface area contributed by atoms with E-state index in [9.17, 15) is 4.79 Å². The molecule has 3 rings (SSSR count). The van der Waals surface area contributed by atoms with Gasteiger partial charge in [-0.1, -0.05) is 25.1 Å². The first-order valence-corrected chi connectivity index (χ1v) is 9.49. The van der Waals surface area contributed by atoms with Gasteiger partial charge in [-0.2, -0.15) is 0 Å². The topological polar surface area (TPSA) is 66.0 Å². The Hall–Kier alpha value is -1.63. The molecule has 26 heavy (non-hydrogen) atoms. The Balaban J connectivity index is 1.24. The number of carbonyl (C=O) groups excluding carboxylic acids is 1. The number of benzene rings is 1. The molecular formula is C20H29NO5. The van der Waals surface area contributed by atoms with Gasteiger partial charge in [-0.15, -0.1) is 0 Å². The molecule has 1 aliphatic carbocycles. The third kappa shape index (κ3) is 5.69. The van der Waals surface area contributed by atoms with Crippen LogP contribution in [-0.4, -0.2) is 50.8 Å². The van der Waals surface area contributed by atoms with Gasteiger partial charge in [0.05, 0.1) is 13.2 Å². The average Bonchev–Trinajstić information content (AvgIpc) is 3.06. The maximum atomic E-state index is 11.9. The molecule has 1 saturated carbocycles. The minimum atomic E-state index is -0.410. The van der Waals surface area contributed by atoms with Crippen LogP contribution in [0.15, 0.2) is 30.3 Å². The summed E-state index contributed by atoms with van der Waals surface area (Å²) in [6.45, 7) is 4.07. The fraction of sp³-hybridized carbons (Fsp3) is 0.650. The summed E-state index contributed by atoms with van der Waals surface area (Å²) in [6.07, 6.45) is 4.09. The highest BCUT2D eigenvalue weighted by molar-refractivity contribution is 5.77. The number of amides is 1. The van der Waals surface area contributed by atoms with Crippen molar-refractivity contribution in [3.05, 3.63) is 30.3 Å². The highest BCUT2D eigenvalue weighted by Gasteiger charge is 2.43. The first kappa shape index (κ1) is 19.1. The fourth-order valence-electron chi connectivity index (χ4n) is 3.36. The molecule has 0 bridgehead atoms. The van der Waals surface area contributed by atoms with Crippen molar-refractivity contribution in [2.45, 2.75) is 44.5 Å². The summed E-state index contributed by atoms with van der Waals surface area (Å²) in [4.78, 5) is 11.9. The molecule has 1 saturated heterocycles. The highest BCUT2D eigenvalue weighted by Crippen LogP contribution is 2.39. The molecule has 0 unspecified atom stereocenters. The SMILES string of the molecule is CC1CCC2(CC1)OC[C@H](CNC(=O)COCCOc1ccccc1)O2. The largest absolute Gasteiger partial charge is 0.491 e. The molecule has 1 spiro atoms. The fourth-order valence-corrected chi connectivity index (χ4v) is 3.36. The molecular weight excluding hydrogens is 334 g/mol. The second-order valence-electron chi connectivity index (χ2n) is 7.16. The van der Waals surface area contributed by atoms with Crippen molar-refractivity contribution in [2.24, 2.45) is 5.92 Å². The summed E-state index contributed by atoms with van der Waals surface area (Å²) in [6, 6.07) is 9.53. The maximum absolute atomic E-state index is 11.9. The third-order valence-electron chi connectivity index (χ3n) is 4.95. The van der Waals surface area contributed by atoms with Gasteiger partial charge in [0.2, 0.25) is 5.91 Å². The summed E-state index contributed by atoms with van der Waals surface area (Å²) in [5, 5.41) is 2.85. The Bertz CT molecular complexity index is 557. The van der Waals surface area contributed by atoms with Crippen LogP contribution in [0.1, 0.15) is 32.6 Å². The average molecular weight is 363 g/mol. The van der Waals surface area contributed by atoms with Crippen molar-refractivity contribution < 1.29 is 23.7 Å². The van der Waals surface area contributed by atoms with Crippen molar-refractivity contribution in [3.63, 3.8) is 0 Å². The summed E-state index contributed by atoms with van der Waals surface area (Å²) in [7, 11) is 0. The number of ether oxygens (including phenoxy) is 4. The highest BCUT2D eigenvalue weighted by atomic mass is 16.7. The lowest BCUT2D eigenvalue weighted by Gasteiger charge is -2.34. The lowest BCUT2D eigenvalue weighted by Crippen LogP contribution is -2.39. The molecule has 144 valence electrons. The molecule has 1 N–H and O–H groups in total. The lowest BCUT2D eigenvalue weighted by molar-refractivity contribution is -0.191. The van der Waals surface area contributed by atoms with Crippen molar-refractivity contribution in [2.75, 3.05) is 33.0 Å². The smallest absolute Gasteiger partial charge is 0.246 e. The standard InChI is InChI=1S/C20H29NO5/c1-16-7-9-20(10-8-16)25-14-18(26-20)13-21-19(22)15-23-11-12-24-17-5-3-2-4-6-17/h2-6,16,18H,7-15H2,1H3,(H,21,22)/t16?,18-,20?/m0/s1. The molecule has 0 aromatic heterocycles. The molecule has 2 aliphatic rings. The van der Waals surface area contributed by atoms with Crippen LogP contribution in [0.25, 0.3) is 0 Å². The van der Waals surface area contributed by atoms with Gasteiger partial charge in [0.25, 0.3) is 0 Å². The van der Waals surface area contributed by atoms with Gasteiger partial charge in [0.1, 0.15) is 25.1 Å². The Morgan fingerprint density at radius 3 is 2.77 bits per heavy atom. The van der Waals surface area contributed by atoms with Crippen LogP contribution in [0.3, 0.4) is 0 Å². The number of nitrogens with one attached hydrogen (secondary N) is 1. The molecule has 6 heteroatoms. The second-order valence-corrected chi connectivity index (χ2v) is 7.16. The van der Waals surface area contributed by atoms with Crippen molar-refractivity contribution in [1.29, 1.82) is 0 Å². The van der Waals surface area contributed by atoms with Crippen LogP contribution in [0.4, 0.5) is 0 Å². The van der Waals surface area contributed by atoms with E-state index in [2.05, 4.69) is 12.2 Å². The van der Waals surface area contributed by atoms with E-state index in [0.717, 1.165) is 37.4 Å². The van der Waals surface area contributed by atoms with Crippen molar-refractivity contribution >= 4 is 5.91 Å². The van der Waals surface area contributed by atoms with E-state index in [0.29, 0.717) is 26.4 Å². The van der Waals surface area contributed by atoms with Crippen LogP contribution in [-0.2, 0) is 19.0 Å². The molecule has 6 nitrogen and oxygen atoms in total. The Morgan fingerprint density at radius 1 is 1.23 bits per heavy atom. The van der Waals surface area contributed by atoms with E-state index in [1.807, 2.05) is 30.3 Å². The van der Waals surface area contributed by atoms with E-state index in [4.69, 9.17) is 18.9 Å². The van der Waals surface area contributed by atoms with Crippen LogP contribution in [0.2, 0.25) is 0 Å². The van der Waals surface area contributed by atoms with Gasteiger partial charge in [-0.05, 0) is 30.9 Å². The van der Waals surface area contributed by atoms with E-state index in [1.165, 1.54) is 0 Å². The Kier molecular flexibility index (Phi) is 6.88. The summed E-state index contributed by atoms with van der Waals surface area (Å²) >= 11 is 0. The third-order valence-corrected chi connectivity index (χ3v) is 4.95. The van der Waals surface area contributed by atoms with E-state index < -0.39 is 5.79 Å². The molecule has 1 aromatic rings. The maximum Gasteiger partial charge on any atom is 0.246 e. The number of rotatable bonds is 8. The van der Waals surface area contributed by atoms with E-state index in [1.54, 1.807) is 0 Å². The molecule has 1 aromatic carbocycles. The zero-order valence-corrected chi connectivity index (χ0v) is 15.4. The molecule has 1 amide bonds. The number of hydrogen-bond acceptors (Lipinski definition) is 5. The Morgan fingerprint density at radius 2 is 2.00 bits per heavy atom. The predicted molar refractivity (Wildman–Crippen MR) is 97.0 cm³/mol. The quantitative estimate of drug-likeness (QED) is 0.719. The van der Waals surface area contributed by atoms with Gasteiger partial charge >= 0.3 is 0 Å². The van der Waals surface area contributed by atoms with Gasteiger partial charge in [0.15, 0.2) is 5.79 Å². The molecule has 1 atom stereocenters. The second kappa shape index (κ2) is 9.35. The number of para-hydroxylation sites is 1. The Labute approximate surface area is 155 Å². The van der Waals surface area contributed by atoms with Crippen molar-refractivity contribution in [1.82, 2.24) is 5.32 Å². The van der Waals surface area contributed by atoms with Crippen LogP contribution < -0.4 is 10.1 Å². The molecule has 1 heterocycles. The van der Waals surface area contributed by atoms with Gasteiger partial charge in [0, 0.05) is 19.4 Å². The van der Waals surface area contributed by atoms with Crippen LogP contribution in [0, 0.1) is 5.92 Å². The van der Waals surface area contributed by atoms with Gasteiger partial charge in [-0.3, -0.25) is 4.79 Å². The monoisotopic (exact) mass is 363 g/mol. The summed E-state index contributed by atoms with van der Waals surface area (Å²) in [5.74, 6) is 0.985. The summed E-state index contributed by atoms with van der Waals surface area (Å²) in [5.41, 5.74) is 0. The predicted octanol–water partition coefficient (Wildman–Crippen LogP) is 2.52. The minimum Gasteiger partial charge on any atom is -0.491 e. The van der Waals surface area contributed by atoms with E-state index in [-0.39, 0.29) is 18.6 Å². The zero-order chi connectivity index (χ0) is 18.2. The zero-order valence-electron chi connectivity index (χ0n) is 15.4. The number of hydrogen-bond donors (Lipinski definition) is 1. The molecule has 0 radical (unpaired) electrons. The molecule has 1 aliphatic heterocycles. The van der Waals surface area contributed by atoms with Crippen LogP contribution >= 0.6 is 0 Å². The lowest BCUT2D eigenvalue weighted by atomic mass is 9.86. The summed E-state index contributed by atoms with van der Waals surface area (Å²) < 4.78 is 22.8. The van der Waals surface area contributed by atoms with Crippen LogP contribution in [0.5, 0.6) is 5.75 Å². The van der Waals surface area contributed by atoms with E-state index >= 15 is 0 Å². The first-order valence-electron chi connectivity index (χ1n) is 9.49. The normalized spacial score (nSPS) is 28.2. The van der Waals surface area contributed by atoms with Crippen molar-refractivity contribution in [3.8, 4) is 5.75 Å². The van der Waals surface area contributed by atoms with Gasteiger partial charge < -0.3 is 24.3 Å².